The van der Waals surface area contributed by atoms with Crippen molar-refractivity contribution in [2.24, 2.45) is 0 Å². The molecule has 1 atom stereocenters. The number of aromatic nitrogens is 2. The second kappa shape index (κ2) is 9.41. The second-order valence-corrected chi connectivity index (χ2v) is 8.17. The zero-order valence-electron chi connectivity index (χ0n) is 17.6. The highest BCUT2D eigenvalue weighted by molar-refractivity contribution is 5.78. The van der Waals surface area contributed by atoms with E-state index in [1.807, 2.05) is 4.90 Å². The third-order valence-corrected chi connectivity index (χ3v) is 5.98. The predicted octanol–water partition coefficient (Wildman–Crippen LogP) is 2.78. The topological polar surface area (TPSA) is 84.6 Å². The first-order chi connectivity index (χ1) is 15.3. The Bertz CT molecular complexity index is 946. The maximum Gasteiger partial charge on any atom is 0.416 e. The lowest BCUT2D eigenvalue weighted by Crippen LogP contribution is -2.47. The van der Waals surface area contributed by atoms with Crippen molar-refractivity contribution < 1.29 is 22.7 Å². The summed E-state index contributed by atoms with van der Waals surface area (Å²) in [5.74, 6) is 0.0992. The number of hydrogen-bond donors (Lipinski definition) is 1. The number of piperidine rings is 1. The Kier molecular flexibility index (Phi) is 6.61. The summed E-state index contributed by atoms with van der Waals surface area (Å²) in [6.07, 6.45) is -1.22. The number of likely N-dealkylation sites (tertiary alicyclic amines) is 1. The molecule has 0 spiro atoms. The molecule has 2 aliphatic rings. The summed E-state index contributed by atoms with van der Waals surface area (Å²) >= 11 is 0. The summed E-state index contributed by atoms with van der Waals surface area (Å²) in [7, 11) is 0. The molecule has 1 aromatic heterocycles. The van der Waals surface area contributed by atoms with E-state index < -0.39 is 11.7 Å². The Morgan fingerprint density at radius 1 is 1.16 bits per heavy atom. The Morgan fingerprint density at radius 3 is 2.56 bits per heavy atom. The first kappa shape index (κ1) is 22.5. The highest BCUT2D eigenvalue weighted by atomic mass is 19.4. The Balaban J connectivity index is 1.53. The minimum atomic E-state index is -4.40. The first-order valence-corrected chi connectivity index (χ1v) is 10.7. The molecule has 1 amide bonds. The molecule has 1 unspecified atom stereocenters. The molecular weight excluding hydrogens is 423 g/mol. The molecule has 0 radical (unpaired) electrons. The van der Waals surface area contributed by atoms with Gasteiger partial charge in [-0.3, -0.25) is 9.69 Å². The van der Waals surface area contributed by atoms with Crippen LogP contribution >= 0.6 is 0 Å². The molecule has 4 rings (SSSR count). The number of anilines is 1. The Labute approximate surface area is 184 Å². The quantitative estimate of drug-likeness (QED) is 0.773. The largest absolute Gasteiger partial charge is 0.416 e. The number of halogens is 3. The molecule has 2 aliphatic heterocycles. The maximum absolute atomic E-state index is 12.9. The number of alkyl halides is 3. The van der Waals surface area contributed by atoms with Crippen LogP contribution in [0.1, 0.15) is 30.0 Å². The van der Waals surface area contributed by atoms with Crippen molar-refractivity contribution in [3.63, 3.8) is 0 Å². The van der Waals surface area contributed by atoms with Gasteiger partial charge in [0, 0.05) is 43.9 Å². The molecule has 2 fully saturated rings. The second-order valence-electron chi connectivity index (χ2n) is 8.17. The predicted molar refractivity (Wildman–Crippen MR) is 113 cm³/mol. The van der Waals surface area contributed by atoms with E-state index >= 15 is 0 Å². The van der Waals surface area contributed by atoms with Gasteiger partial charge in [0.2, 0.25) is 11.9 Å². The minimum absolute atomic E-state index is 0.0645. The van der Waals surface area contributed by atoms with Crippen LogP contribution in [0.3, 0.4) is 0 Å². The molecule has 1 aromatic carbocycles. The molecule has 3 heterocycles. The molecule has 172 valence electrons. The van der Waals surface area contributed by atoms with Gasteiger partial charge in [0.25, 0.3) is 0 Å². The lowest BCUT2D eigenvalue weighted by molar-refractivity contribution is -0.137. The van der Waals surface area contributed by atoms with Crippen LogP contribution in [0, 0.1) is 0 Å². The van der Waals surface area contributed by atoms with Crippen molar-refractivity contribution in [3.8, 4) is 11.1 Å². The number of nitrogen functional groups attached to an aromatic ring is 1. The molecule has 10 heteroatoms. The van der Waals surface area contributed by atoms with Crippen LogP contribution in [0.2, 0.25) is 0 Å². The molecule has 0 bridgehead atoms. The van der Waals surface area contributed by atoms with Crippen LogP contribution in [0.5, 0.6) is 0 Å². The van der Waals surface area contributed by atoms with Gasteiger partial charge in [0.1, 0.15) is 0 Å². The average Bonchev–Trinajstić information content (AvgIpc) is 2.79. The molecule has 2 saturated heterocycles. The summed E-state index contributed by atoms with van der Waals surface area (Å²) in [5.41, 5.74) is 7.02. The molecular formula is C22H26F3N5O2. The monoisotopic (exact) mass is 449 g/mol. The Morgan fingerprint density at radius 2 is 1.88 bits per heavy atom. The van der Waals surface area contributed by atoms with Crippen LogP contribution in [0.4, 0.5) is 19.1 Å². The van der Waals surface area contributed by atoms with E-state index in [1.54, 1.807) is 6.20 Å². The SMILES string of the molecule is Nc1ncc(-c2ccc(C(F)(F)F)cc2)c(C2CCCN(C(=O)CN3CCOCC3)C2)n1. The highest BCUT2D eigenvalue weighted by Gasteiger charge is 2.31. The lowest BCUT2D eigenvalue weighted by atomic mass is 9.89. The van der Waals surface area contributed by atoms with Crippen molar-refractivity contribution in [1.82, 2.24) is 19.8 Å². The van der Waals surface area contributed by atoms with Crippen LogP contribution in [-0.4, -0.2) is 71.6 Å². The van der Waals surface area contributed by atoms with Gasteiger partial charge in [-0.1, -0.05) is 12.1 Å². The smallest absolute Gasteiger partial charge is 0.379 e. The number of amides is 1. The first-order valence-electron chi connectivity index (χ1n) is 10.7. The van der Waals surface area contributed by atoms with Crippen LogP contribution in [0.25, 0.3) is 11.1 Å². The summed E-state index contributed by atoms with van der Waals surface area (Å²) in [6.45, 7) is 4.27. The van der Waals surface area contributed by atoms with Gasteiger partial charge in [-0.05, 0) is 30.5 Å². The number of benzene rings is 1. The standard InChI is InChI=1S/C22H26F3N5O2/c23-22(24,25)17-5-3-15(4-6-17)18-12-27-21(26)28-20(18)16-2-1-7-30(13-16)19(31)14-29-8-10-32-11-9-29/h3-6,12,16H,1-2,7-11,13-14H2,(H2,26,27,28). The zero-order chi connectivity index (χ0) is 22.7. The summed E-state index contributed by atoms with van der Waals surface area (Å²) in [4.78, 5) is 25.3. The van der Waals surface area contributed by atoms with E-state index in [-0.39, 0.29) is 17.8 Å². The molecule has 7 nitrogen and oxygen atoms in total. The fourth-order valence-corrected chi connectivity index (χ4v) is 4.26. The minimum Gasteiger partial charge on any atom is -0.379 e. The number of nitrogens with two attached hydrogens (primary N) is 1. The fourth-order valence-electron chi connectivity index (χ4n) is 4.26. The van der Waals surface area contributed by atoms with E-state index in [0.29, 0.717) is 49.7 Å². The Hall–Kier alpha value is -2.72. The number of morpholine rings is 1. The van der Waals surface area contributed by atoms with E-state index in [1.165, 1.54) is 12.1 Å². The van der Waals surface area contributed by atoms with Gasteiger partial charge in [-0.2, -0.15) is 13.2 Å². The van der Waals surface area contributed by atoms with Crippen molar-refractivity contribution in [1.29, 1.82) is 0 Å². The summed E-state index contributed by atoms with van der Waals surface area (Å²) < 4.78 is 44.2. The van der Waals surface area contributed by atoms with Gasteiger partial charge in [-0.25, -0.2) is 9.97 Å². The zero-order valence-corrected chi connectivity index (χ0v) is 17.6. The fraction of sp³-hybridized carbons (Fsp3) is 0.500. The van der Waals surface area contributed by atoms with E-state index in [9.17, 15) is 18.0 Å². The van der Waals surface area contributed by atoms with E-state index in [4.69, 9.17) is 10.5 Å². The lowest BCUT2D eigenvalue weighted by Gasteiger charge is -2.35. The molecule has 2 aromatic rings. The summed E-state index contributed by atoms with van der Waals surface area (Å²) in [6, 6.07) is 4.94. The van der Waals surface area contributed by atoms with Crippen LogP contribution < -0.4 is 5.73 Å². The summed E-state index contributed by atoms with van der Waals surface area (Å²) in [5, 5.41) is 0. The van der Waals surface area contributed by atoms with E-state index in [0.717, 1.165) is 38.1 Å². The van der Waals surface area contributed by atoms with Gasteiger partial charge >= 0.3 is 6.18 Å². The van der Waals surface area contributed by atoms with Crippen molar-refractivity contribution in [2.45, 2.75) is 24.9 Å². The highest BCUT2D eigenvalue weighted by Crippen LogP contribution is 2.35. The van der Waals surface area contributed by atoms with Crippen molar-refractivity contribution in [3.05, 3.63) is 41.7 Å². The van der Waals surface area contributed by atoms with Crippen molar-refractivity contribution >= 4 is 11.9 Å². The normalized spacial score (nSPS) is 20.3. The molecule has 0 saturated carbocycles. The van der Waals surface area contributed by atoms with E-state index in [2.05, 4.69) is 14.9 Å². The number of nitrogens with zero attached hydrogens (tertiary/aromatic N) is 4. The molecule has 2 N–H and O–H groups in total. The van der Waals surface area contributed by atoms with Gasteiger partial charge in [0.15, 0.2) is 0 Å². The number of carbonyl (C=O) groups is 1. The van der Waals surface area contributed by atoms with Crippen molar-refractivity contribution in [2.75, 3.05) is 51.7 Å². The number of rotatable bonds is 4. The third-order valence-electron chi connectivity index (χ3n) is 5.98. The number of ether oxygens (including phenoxy) is 1. The third kappa shape index (κ3) is 5.18. The van der Waals surface area contributed by atoms with Gasteiger partial charge < -0.3 is 15.4 Å². The average molecular weight is 449 g/mol. The van der Waals surface area contributed by atoms with Gasteiger partial charge in [0.05, 0.1) is 31.0 Å². The number of hydrogen-bond acceptors (Lipinski definition) is 6. The molecule has 0 aliphatic carbocycles. The van der Waals surface area contributed by atoms with Crippen LogP contribution in [-0.2, 0) is 15.7 Å². The molecule has 32 heavy (non-hydrogen) atoms. The van der Waals surface area contributed by atoms with Crippen LogP contribution in [0.15, 0.2) is 30.5 Å². The number of carbonyl (C=O) groups excluding carboxylic acids is 1. The maximum atomic E-state index is 12.9. The van der Waals surface area contributed by atoms with Gasteiger partial charge in [-0.15, -0.1) is 0 Å².